The van der Waals surface area contributed by atoms with Crippen molar-refractivity contribution in [2.24, 2.45) is 5.73 Å². The molecule has 21 heavy (non-hydrogen) atoms. The lowest BCUT2D eigenvalue weighted by Crippen LogP contribution is -2.19. The van der Waals surface area contributed by atoms with E-state index >= 15 is 0 Å². The van der Waals surface area contributed by atoms with Gasteiger partial charge in [0.2, 0.25) is 0 Å². The summed E-state index contributed by atoms with van der Waals surface area (Å²) in [4.78, 5) is 0. The van der Waals surface area contributed by atoms with Crippen molar-refractivity contribution in [3.8, 4) is 5.75 Å². The van der Waals surface area contributed by atoms with Crippen molar-refractivity contribution < 1.29 is 22.6 Å². The minimum Gasteiger partial charge on any atom is -0.493 e. The predicted octanol–water partition coefficient (Wildman–Crippen LogP) is 3.23. The molecule has 3 nitrogen and oxygen atoms in total. The first-order valence-corrected chi connectivity index (χ1v) is 6.90. The van der Waals surface area contributed by atoms with Crippen LogP contribution in [-0.4, -0.2) is 32.0 Å². The van der Waals surface area contributed by atoms with E-state index < -0.39 is 12.8 Å². The molecule has 120 valence electrons. The zero-order chi connectivity index (χ0) is 15.9. The Hall–Kier alpha value is -1.27. The van der Waals surface area contributed by atoms with Gasteiger partial charge >= 0.3 is 6.18 Å². The third-order valence-electron chi connectivity index (χ3n) is 2.71. The average Bonchev–Trinajstić information content (AvgIpc) is 2.33. The lowest BCUT2D eigenvalue weighted by atomic mass is 10.0. The van der Waals surface area contributed by atoms with Crippen LogP contribution in [-0.2, 0) is 11.2 Å². The molecule has 1 aromatic rings. The maximum Gasteiger partial charge on any atom is 0.411 e. The largest absolute Gasteiger partial charge is 0.493 e. The SMILES string of the molecule is Cc1ccc(OCCCOCC(F)(F)F)c(CC(C)N)c1. The number of alkyl halides is 3. The highest BCUT2D eigenvalue weighted by atomic mass is 19.4. The number of benzene rings is 1. The van der Waals surface area contributed by atoms with E-state index in [1.165, 1.54) is 0 Å². The van der Waals surface area contributed by atoms with Crippen LogP contribution in [0.1, 0.15) is 24.5 Å². The van der Waals surface area contributed by atoms with Crippen LogP contribution in [0.25, 0.3) is 0 Å². The first-order valence-electron chi connectivity index (χ1n) is 6.90. The van der Waals surface area contributed by atoms with Gasteiger partial charge in [0, 0.05) is 12.5 Å². The fourth-order valence-corrected chi connectivity index (χ4v) is 1.89. The minimum absolute atomic E-state index is 0.0178. The van der Waals surface area contributed by atoms with Crippen molar-refractivity contribution >= 4 is 0 Å². The maximum absolute atomic E-state index is 11.9. The molecule has 0 saturated carbocycles. The normalized spacial score (nSPS) is 13.2. The first-order chi connectivity index (χ1) is 9.78. The molecule has 1 rings (SSSR count). The molecule has 0 aliphatic rings. The van der Waals surface area contributed by atoms with Crippen LogP contribution in [0.5, 0.6) is 5.75 Å². The summed E-state index contributed by atoms with van der Waals surface area (Å²) in [5, 5.41) is 0. The molecule has 0 heterocycles. The van der Waals surface area contributed by atoms with Crippen LogP contribution in [0.3, 0.4) is 0 Å². The lowest BCUT2D eigenvalue weighted by molar-refractivity contribution is -0.174. The zero-order valence-corrected chi connectivity index (χ0v) is 12.4. The van der Waals surface area contributed by atoms with Crippen LogP contribution in [0.2, 0.25) is 0 Å². The highest BCUT2D eigenvalue weighted by molar-refractivity contribution is 5.37. The van der Waals surface area contributed by atoms with E-state index in [1.807, 2.05) is 32.0 Å². The van der Waals surface area contributed by atoms with Gasteiger partial charge in [0.15, 0.2) is 0 Å². The van der Waals surface area contributed by atoms with E-state index in [4.69, 9.17) is 10.5 Å². The van der Waals surface area contributed by atoms with E-state index in [0.717, 1.165) is 16.9 Å². The molecule has 0 radical (unpaired) electrons. The Labute approximate surface area is 123 Å². The Morgan fingerprint density at radius 1 is 1.24 bits per heavy atom. The summed E-state index contributed by atoms with van der Waals surface area (Å²) in [5.41, 5.74) is 7.93. The number of hydrogen-bond acceptors (Lipinski definition) is 3. The van der Waals surface area contributed by atoms with Crippen LogP contribution >= 0.6 is 0 Å². The fraction of sp³-hybridized carbons (Fsp3) is 0.600. The Bertz CT molecular complexity index is 433. The van der Waals surface area contributed by atoms with E-state index in [2.05, 4.69) is 4.74 Å². The summed E-state index contributed by atoms with van der Waals surface area (Å²) in [6.45, 7) is 3.02. The molecule has 0 amide bonds. The number of hydrogen-bond donors (Lipinski definition) is 1. The molecule has 0 aromatic heterocycles. The van der Waals surface area contributed by atoms with Crippen LogP contribution in [0.4, 0.5) is 13.2 Å². The number of aryl methyl sites for hydroxylation is 1. The minimum atomic E-state index is -4.28. The molecule has 6 heteroatoms. The number of halogens is 3. The quantitative estimate of drug-likeness (QED) is 0.750. The van der Waals surface area contributed by atoms with Crippen molar-refractivity contribution in [3.63, 3.8) is 0 Å². The first kappa shape index (κ1) is 17.8. The smallest absolute Gasteiger partial charge is 0.411 e. The molecule has 1 unspecified atom stereocenters. The van der Waals surface area contributed by atoms with Gasteiger partial charge in [-0.3, -0.25) is 0 Å². The van der Waals surface area contributed by atoms with Gasteiger partial charge in [-0.2, -0.15) is 13.2 Å². The van der Waals surface area contributed by atoms with Crippen LogP contribution in [0.15, 0.2) is 18.2 Å². The topological polar surface area (TPSA) is 44.5 Å². The number of ether oxygens (including phenoxy) is 2. The molecule has 0 fully saturated rings. The Balaban J connectivity index is 2.38. The van der Waals surface area contributed by atoms with E-state index in [1.54, 1.807) is 0 Å². The van der Waals surface area contributed by atoms with Crippen molar-refractivity contribution in [3.05, 3.63) is 29.3 Å². The summed E-state index contributed by atoms with van der Waals surface area (Å²) in [5.74, 6) is 0.730. The average molecular weight is 305 g/mol. The highest BCUT2D eigenvalue weighted by Crippen LogP contribution is 2.21. The molecular formula is C15H22F3NO2. The lowest BCUT2D eigenvalue weighted by Gasteiger charge is -2.14. The predicted molar refractivity (Wildman–Crippen MR) is 75.5 cm³/mol. The number of rotatable bonds is 8. The van der Waals surface area contributed by atoms with Crippen molar-refractivity contribution in [2.75, 3.05) is 19.8 Å². The van der Waals surface area contributed by atoms with E-state index in [0.29, 0.717) is 19.4 Å². The Kier molecular flexibility index (Phi) is 6.98. The Morgan fingerprint density at radius 3 is 2.57 bits per heavy atom. The van der Waals surface area contributed by atoms with Crippen molar-refractivity contribution in [1.82, 2.24) is 0 Å². The van der Waals surface area contributed by atoms with Gasteiger partial charge in [-0.1, -0.05) is 17.7 Å². The number of nitrogens with two attached hydrogens (primary N) is 1. The molecule has 0 aliphatic heterocycles. The second kappa shape index (κ2) is 8.24. The molecule has 2 N–H and O–H groups in total. The summed E-state index contributed by atoms with van der Waals surface area (Å²) >= 11 is 0. The standard InChI is InChI=1S/C15H22F3NO2/c1-11-4-5-14(13(8-11)9-12(2)19)21-7-3-6-20-10-15(16,17)18/h4-5,8,12H,3,6-7,9-10,19H2,1-2H3. The van der Waals surface area contributed by atoms with Crippen molar-refractivity contribution in [1.29, 1.82) is 0 Å². The molecule has 0 aliphatic carbocycles. The third kappa shape index (κ3) is 7.92. The Morgan fingerprint density at radius 2 is 1.95 bits per heavy atom. The zero-order valence-electron chi connectivity index (χ0n) is 12.4. The molecular weight excluding hydrogens is 283 g/mol. The van der Waals surface area contributed by atoms with Gasteiger partial charge < -0.3 is 15.2 Å². The molecule has 0 saturated heterocycles. The van der Waals surface area contributed by atoms with Gasteiger partial charge in [-0.05, 0) is 31.9 Å². The van der Waals surface area contributed by atoms with E-state index in [-0.39, 0.29) is 12.6 Å². The van der Waals surface area contributed by atoms with Crippen molar-refractivity contribution in [2.45, 2.75) is 38.9 Å². The highest BCUT2D eigenvalue weighted by Gasteiger charge is 2.27. The fourth-order valence-electron chi connectivity index (χ4n) is 1.89. The van der Waals surface area contributed by atoms with E-state index in [9.17, 15) is 13.2 Å². The third-order valence-corrected chi connectivity index (χ3v) is 2.71. The molecule has 1 atom stereocenters. The second-order valence-electron chi connectivity index (χ2n) is 5.16. The summed E-state index contributed by atoms with van der Waals surface area (Å²) in [6.07, 6.45) is -3.18. The van der Waals surface area contributed by atoms with Gasteiger partial charge in [0.1, 0.15) is 12.4 Å². The van der Waals surface area contributed by atoms with Crippen LogP contribution in [0, 0.1) is 6.92 Å². The van der Waals surface area contributed by atoms with Gasteiger partial charge in [-0.25, -0.2) is 0 Å². The van der Waals surface area contributed by atoms with Gasteiger partial charge in [0.05, 0.1) is 13.2 Å². The molecule has 0 bridgehead atoms. The molecule has 1 aromatic carbocycles. The van der Waals surface area contributed by atoms with Gasteiger partial charge in [0.25, 0.3) is 0 Å². The summed E-state index contributed by atoms with van der Waals surface area (Å²) < 4.78 is 45.8. The summed E-state index contributed by atoms with van der Waals surface area (Å²) in [6, 6.07) is 5.83. The van der Waals surface area contributed by atoms with Gasteiger partial charge in [-0.15, -0.1) is 0 Å². The molecule has 0 spiro atoms. The monoisotopic (exact) mass is 305 g/mol. The van der Waals surface area contributed by atoms with Crippen LogP contribution < -0.4 is 10.5 Å². The summed E-state index contributed by atoms with van der Waals surface area (Å²) in [7, 11) is 0. The second-order valence-corrected chi connectivity index (χ2v) is 5.16. The maximum atomic E-state index is 11.9.